The van der Waals surface area contributed by atoms with Gasteiger partial charge in [0.25, 0.3) is 0 Å². The molecular formula is C27H24N4O6S2. The van der Waals surface area contributed by atoms with Gasteiger partial charge in [0, 0.05) is 23.5 Å². The summed E-state index contributed by atoms with van der Waals surface area (Å²) in [7, 11) is -2.09. The first kappa shape index (κ1) is 26.2. The summed E-state index contributed by atoms with van der Waals surface area (Å²) >= 11 is 5.75. The van der Waals surface area contributed by atoms with E-state index in [4.69, 9.17) is 21.4 Å². The van der Waals surface area contributed by atoms with E-state index in [0.29, 0.717) is 33.6 Å². The van der Waals surface area contributed by atoms with Gasteiger partial charge in [0.15, 0.2) is 5.11 Å². The second kappa shape index (κ2) is 10.4. The van der Waals surface area contributed by atoms with Crippen molar-refractivity contribution in [2.24, 2.45) is 0 Å². The van der Waals surface area contributed by atoms with Gasteiger partial charge in [-0.05, 0) is 54.7 Å². The first-order valence-electron chi connectivity index (χ1n) is 11.7. The first-order valence-corrected chi connectivity index (χ1v) is 14.0. The molecule has 1 fully saturated rings. The van der Waals surface area contributed by atoms with Crippen molar-refractivity contribution < 1.29 is 27.5 Å². The third-order valence-corrected chi connectivity index (χ3v) is 7.10. The van der Waals surface area contributed by atoms with Crippen LogP contribution in [-0.4, -0.2) is 43.0 Å². The zero-order chi connectivity index (χ0) is 27.7. The molecule has 0 bridgehead atoms. The molecule has 0 radical (unpaired) electrons. The van der Waals surface area contributed by atoms with Crippen molar-refractivity contribution >= 4 is 44.7 Å². The number of hydrogen-bond donors (Lipinski definition) is 3. The van der Waals surface area contributed by atoms with Crippen LogP contribution in [0.1, 0.15) is 33.9 Å². The fourth-order valence-corrected chi connectivity index (χ4v) is 5.49. The molecule has 0 amide bonds. The number of thiocarbonyl (C=S) groups is 1. The number of carbonyl (C=O) groups is 1. The number of sulfonamides is 1. The van der Waals surface area contributed by atoms with Gasteiger partial charge in [-0.1, -0.05) is 24.3 Å². The van der Waals surface area contributed by atoms with Crippen LogP contribution >= 0.6 is 12.2 Å². The molecule has 2 atom stereocenters. The number of rotatable bonds is 8. The summed E-state index contributed by atoms with van der Waals surface area (Å²) in [5.74, 6) is 0.155. The molecule has 0 unspecified atom stereocenters. The average molecular weight is 565 g/mol. The molecule has 1 saturated heterocycles. The van der Waals surface area contributed by atoms with Crippen LogP contribution in [0.2, 0.25) is 0 Å². The number of methoxy groups -OCH3 is 1. The molecule has 3 heterocycles. The molecule has 0 spiro atoms. The maximum atomic E-state index is 11.8. The minimum absolute atomic E-state index is 0.121. The lowest BCUT2D eigenvalue weighted by Gasteiger charge is -2.27. The predicted octanol–water partition coefficient (Wildman–Crippen LogP) is 4.60. The van der Waals surface area contributed by atoms with Gasteiger partial charge in [-0.3, -0.25) is 9.71 Å². The van der Waals surface area contributed by atoms with Gasteiger partial charge < -0.3 is 24.5 Å². The number of aromatic nitrogens is 1. The number of carboxylic acid groups (broad SMARTS) is 1. The molecule has 4 aromatic rings. The fourth-order valence-electron chi connectivity index (χ4n) is 4.58. The molecule has 10 nitrogen and oxygen atoms in total. The third-order valence-electron chi connectivity index (χ3n) is 6.20. The molecule has 5 rings (SSSR count). The van der Waals surface area contributed by atoms with Crippen LogP contribution in [0, 0.1) is 0 Å². The second-order valence-electron chi connectivity index (χ2n) is 8.81. The van der Waals surface area contributed by atoms with E-state index >= 15 is 0 Å². The zero-order valence-corrected chi connectivity index (χ0v) is 22.5. The van der Waals surface area contributed by atoms with Gasteiger partial charge in [0.1, 0.15) is 23.3 Å². The van der Waals surface area contributed by atoms with Crippen molar-refractivity contribution in [1.29, 1.82) is 0 Å². The molecule has 2 aromatic carbocycles. The normalized spacial score (nSPS) is 17.1. The second-order valence-corrected chi connectivity index (χ2v) is 10.9. The molecular weight excluding hydrogens is 540 g/mol. The van der Waals surface area contributed by atoms with E-state index in [1.807, 2.05) is 23.1 Å². The lowest BCUT2D eigenvalue weighted by atomic mass is 10.0. The van der Waals surface area contributed by atoms with Gasteiger partial charge in [0.05, 0.1) is 36.4 Å². The van der Waals surface area contributed by atoms with Crippen LogP contribution in [0.3, 0.4) is 0 Å². The zero-order valence-electron chi connectivity index (χ0n) is 20.9. The van der Waals surface area contributed by atoms with E-state index in [0.717, 1.165) is 11.9 Å². The Balaban J connectivity index is 1.61. The summed E-state index contributed by atoms with van der Waals surface area (Å²) in [4.78, 5) is 18.2. The molecule has 2 aromatic heterocycles. The topological polar surface area (TPSA) is 134 Å². The highest BCUT2D eigenvalue weighted by atomic mass is 32.2. The van der Waals surface area contributed by atoms with E-state index in [1.165, 1.54) is 13.2 Å². The van der Waals surface area contributed by atoms with Crippen molar-refractivity contribution in [3.8, 4) is 17.1 Å². The largest absolute Gasteiger partial charge is 0.494 e. The highest BCUT2D eigenvalue weighted by molar-refractivity contribution is 7.92. The van der Waals surface area contributed by atoms with Crippen LogP contribution in [0.5, 0.6) is 5.75 Å². The number of furan rings is 1. The quantitative estimate of drug-likeness (QED) is 0.261. The molecule has 200 valence electrons. The van der Waals surface area contributed by atoms with Crippen LogP contribution in [0.25, 0.3) is 11.3 Å². The van der Waals surface area contributed by atoms with Gasteiger partial charge in [-0.2, -0.15) is 0 Å². The van der Waals surface area contributed by atoms with E-state index in [2.05, 4.69) is 15.0 Å². The summed E-state index contributed by atoms with van der Waals surface area (Å²) in [6.07, 6.45) is 2.75. The lowest BCUT2D eigenvalue weighted by Crippen LogP contribution is -2.29. The summed E-state index contributed by atoms with van der Waals surface area (Å²) in [5, 5.41) is 13.4. The van der Waals surface area contributed by atoms with E-state index in [1.54, 1.807) is 54.7 Å². The average Bonchev–Trinajstić information content (AvgIpc) is 3.53. The Kier molecular flexibility index (Phi) is 6.98. The van der Waals surface area contributed by atoms with Crippen LogP contribution in [0.15, 0.2) is 83.4 Å². The number of benzene rings is 2. The minimum atomic E-state index is -3.53. The maximum absolute atomic E-state index is 11.8. The SMILES string of the molecule is COc1cc(N2C(=S)N[C@H](c3ccccn3)[C@@H]2c2ccc(-c3ccccc3C(=O)O)o2)ccc1NS(C)(=O)=O. The van der Waals surface area contributed by atoms with Gasteiger partial charge >= 0.3 is 5.97 Å². The van der Waals surface area contributed by atoms with Crippen molar-refractivity contribution in [3.05, 3.63) is 96.0 Å². The Hall–Kier alpha value is -4.42. The Labute approximate surface area is 230 Å². The smallest absolute Gasteiger partial charge is 0.336 e. The number of anilines is 2. The van der Waals surface area contributed by atoms with Gasteiger partial charge in [-0.25, -0.2) is 13.2 Å². The maximum Gasteiger partial charge on any atom is 0.336 e. The number of aromatic carboxylic acids is 1. The lowest BCUT2D eigenvalue weighted by molar-refractivity contribution is 0.0697. The number of ether oxygens (including phenoxy) is 1. The number of carboxylic acids is 1. The molecule has 0 aliphatic carbocycles. The molecule has 1 aliphatic rings. The third kappa shape index (κ3) is 5.29. The predicted molar refractivity (Wildman–Crippen MR) is 150 cm³/mol. The molecule has 39 heavy (non-hydrogen) atoms. The van der Waals surface area contributed by atoms with Crippen molar-refractivity contribution in [2.45, 2.75) is 12.1 Å². The van der Waals surface area contributed by atoms with Crippen molar-refractivity contribution in [3.63, 3.8) is 0 Å². The van der Waals surface area contributed by atoms with E-state index < -0.39 is 28.1 Å². The minimum Gasteiger partial charge on any atom is -0.494 e. The van der Waals surface area contributed by atoms with Crippen LogP contribution in [-0.2, 0) is 10.0 Å². The number of nitrogens with one attached hydrogen (secondary N) is 2. The van der Waals surface area contributed by atoms with E-state index in [9.17, 15) is 18.3 Å². The monoisotopic (exact) mass is 564 g/mol. The number of pyridine rings is 1. The fraction of sp³-hybridized carbons (Fsp3) is 0.148. The number of hydrogen-bond acceptors (Lipinski definition) is 7. The highest BCUT2D eigenvalue weighted by Gasteiger charge is 2.43. The summed E-state index contributed by atoms with van der Waals surface area (Å²) in [6, 6.07) is 19.8. The van der Waals surface area contributed by atoms with E-state index in [-0.39, 0.29) is 11.3 Å². The first-order chi connectivity index (χ1) is 18.7. The summed E-state index contributed by atoms with van der Waals surface area (Å²) < 4.78 is 37.8. The van der Waals surface area contributed by atoms with Crippen LogP contribution < -0.4 is 19.7 Å². The molecule has 3 N–H and O–H groups in total. The number of nitrogens with zero attached hydrogens (tertiary/aromatic N) is 2. The van der Waals surface area contributed by atoms with Gasteiger partial charge in [0.2, 0.25) is 10.0 Å². The Morgan fingerprint density at radius 3 is 2.59 bits per heavy atom. The Morgan fingerprint density at radius 1 is 1.13 bits per heavy atom. The summed E-state index contributed by atoms with van der Waals surface area (Å²) in [5.41, 5.74) is 2.19. The molecule has 0 saturated carbocycles. The summed E-state index contributed by atoms with van der Waals surface area (Å²) in [6.45, 7) is 0. The Bertz CT molecular complexity index is 1660. The molecule has 12 heteroatoms. The van der Waals surface area contributed by atoms with Crippen molar-refractivity contribution in [1.82, 2.24) is 10.3 Å². The Morgan fingerprint density at radius 2 is 1.90 bits per heavy atom. The highest BCUT2D eigenvalue weighted by Crippen LogP contribution is 2.44. The standard InChI is InChI=1S/C27H24N4O6S2/c1-36-23-15-16(10-11-19(23)30-39(2,34)35)31-25(24(29-27(31)38)20-9-5-6-14-28-20)22-13-12-21(37-22)17-7-3-4-8-18(17)26(32)33/h3-15,24-25,30H,1-2H3,(H,29,38)(H,32,33)/t24-,25+/m1/s1. The van der Waals surface area contributed by atoms with Gasteiger partial charge in [-0.15, -0.1) is 0 Å². The van der Waals surface area contributed by atoms with Crippen LogP contribution in [0.4, 0.5) is 11.4 Å². The molecule has 1 aliphatic heterocycles. The van der Waals surface area contributed by atoms with Crippen molar-refractivity contribution in [2.75, 3.05) is 23.0 Å².